The number of ether oxygens (including phenoxy) is 1. The zero-order valence-electron chi connectivity index (χ0n) is 22.6. The largest absolute Gasteiger partial charge is 0.496 e. The lowest BCUT2D eigenvalue weighted by molar-refractivity contribution is -0.122. The maximum atomic E-state index is 14.0. The molecule has 0 radical (unpaired) electrons. The van der Waals surface area contributed by atoms with Crippen LogP contribution in [0.1, 0.15) is 27.5 Å². The van der Waals surface area contributed by atoms with Crippen molar-refractivity contribution in [3.8, 4) is 5.75 Å². The fourth-order valence-electron chi connectivity index (χ4n) is 5.51. The number of anilines is 2. The number of hydrogen-bond donors (Lipinski definition) is 1. The molecule has 0 saturated carbocycles. The predicted molar refractivity (Wildman–Crippen MR) is 160 cm³/mol. The van der Waals surface area contributed by atoms with E-state index in [9.17, 15) is 19.2 Å². The van der Waals surface area contributed by atoms with E-state index in [1.165, 1.54) is 21.2 Å². The van der Waals surface area contributed by atoms with E-state index in [4.69, 9.17) is 4.74 Å². The van der Waals surface area contributed by atoms with Crippen LogP contribution in [0.5, 0.6) is 5.75 Å². The first-order valence-electron chi connectivity index (χ1n) is 13.1. The van der Waals surface area contributed by atoms with Gasteiger partial charge in [-0.2, -0.15) is 0 Å². The lowest BCUT2D eigenvalue weighted by Gasteiger charge is -2.31. The van der Waals surface area contributed by atoms with Gasteiger partial charge in [0.15, 0.2) is 0 Å². The molecule has 1 fully saturated rings. The summed E-state index contributed by atoms with van der Waals surface area (Å²) in [6, 6.07) is 22.0. The third-order valence-corrected chi connectivity index (χ3v) is 10.1. The van der Waals surface area contributed by atoms with Crippen LogP contribution in [0.3, 0.4) is 0 Å². The van der Waals surface area contributed by atoms with Crippen LogP contribution in [0.4, 0.5) is 11.4 Å². The molecule has 2 aliphatic heterocycles. The predicted octanol–water partition coefficient (Wildman–Crippen LogP) is 4.97. The summed E-state index contributed by atoms with van der Waals surface area (Å²) in [7, 11) is 1.55. The lowest BCUT2D eigenvalue weighted by Crippen LogP contribution is -2.33. The summed E-state index contributed by atoms with van der Waals surface area (Å²) < 4.78 is 7.09. The molecule has 3 aromatic carbocycles. The lowest BCUT2D eigenvalue weighted by atomic mass is 9.82. The average Bonchev–Trinajstić information content (AvgIpc) is 3.41. The van der Waals surface area contributed by atoms with Crippen molar-refractivity contribution in [1.29, 1.82) is 0 Å². The highest BCUT2D eigenvalue weighted by Crippen LogP contribution is 2.55. The van der Waals surface area contributed by atoms with Crippen LogP contribution in [-0.4, -0.2) is 34.6 Å². The third-order valence-electron chi connectivity index (χ3n) is 7.54. The van der Waals surface area contributed by atoms with Crippen LogP contribution in [0.25, 0.3) is 0 Å². The van der Waals surface area contributed by atoms with Gasteiger partial charge in [0.05, 0.1) is 23.7 Å². The second-order valence-electron chi connectivity index (χ2n) is 10.1. The molecule has 0 aliphatic carbocycles. The number of thioether (sulfide) groups is 1. The molecule has 6 rings (SSSR count). The van der Waals surface area contributed by atoms with Gasteiger partial charge in [-0.15, -0.1) is 0 Å². The molecule has 4 aromatic rings. The second kappa shape index (κ2) is 10.7. The molecule has 41 heavy (non-hydrogen) atoms. The van der Waals surface area contributed by atoms with Gasteiger partial charge in [-0.05, 0) is 43.7 Å². The molecule has 3 atom stereocenters. The minimum Gasteiger partial charge on any atom is -0.496 e. The summed E-state index contributed by atoms with van der Waals surface area (Å²) in [4.78, 5) is 56.0. The highest BCUT2D eigenvalue weighted by molar-refractivity contribution is 8.00. The fourth-order valence-corrected chi connectivity index (χ4v) is 8.27. The summed E-state index contributed by atoms with van der Waals surface area (Å²) in [5.41, 5.74) is 3.82. The van der Waals surface area contributed by atoms with Crippen molar-refractivity contribution in [3.05, 3.63) is 104 Å². The van der Waals surface area contributed by atoms with E-state index >= 15 is 0 Å². The summed E-state index contributed by atoms with van der Waals surface area (Å²) in [6.45, 7) is 3.62. The van der Waals surface area contributed by atoms with Crippen LogP contribution >= 0.6 is 23.1 Å². The first-order chi connectivity index (χ1) is 19.8. The maximum absolute atomic E-state index is 14.0. The van der Waals surface area contributed by atoms with Crippen molar-refractivity contribution in [2.24, 2.45) is 5.92 Å². The number of imide groups is 1. The number of aryl methyl sites for hydroxylation is 2. The van der Waals surface area contributed by atoms with Gasteiger partial charge >= 0.3 is 4.87 Å². The Morgan fingerprint density at radius 2 is 1.63 bits per heavy atom. The molecule has 3 amide bonds. The number of carbonyl (C=O) groups is 3. The van der Waals surface area contributed by atoms with Gasteiger partial charge in [0, 0.05) is 22.0 Å². The number of amides is 3. The molecule has 1 aromatic heterocycles. The van der Waals surface area contributed by atoms with Crippen LogP contribution < -0.4 is 19.8 Å². The van der Waals surface area contributed by atoms with Crippen LogP contribution in [0, 0.1) is 19.8 Å². The SMILES string of the molecule is COc1ccccc1[C@@H]1c2sc(=O)n(CC(=O)Nc3ccccc3C)c2S[C@H]2C(=O)N(c3ccc(C)cc3)C(=O)[C@@H]12. The minimum atomic E-state index is -0.772. The number of benzene rings is 3. The molecule has 208 valence electrons. The molecule has 2 aliphatic rings. The second-order valence-corrected chi connectivity index (χ2v) is 12.2. The quantitative estimate of drug-likeness (QED) is 0.321. The fraction of sp³-hybridized carbons (Fsp3) is 0.226. The Balaban J connectivity index is 1.44. The van der Waals surface area contributed by atoms with E-state index in [0.29, 0.717) is 27.0 Å². The number of rotatable bonds is 6. The summed E-state index contributed by atoms with van der Waals surface area (Å²) in [5.74, 6) is -1.79. The number of nitrogens with one attached hydrogen (secondary N) is 1. The number of thiazole rings is 1. The number of para-hydroxylation sites is 2. The number of nitrogens with zero attached hydrogens (tertiary/aromatic N) is 2. The Morgan fingerprint density at radius 1 is 0.927 bits per heavy atom. The van der Waals surface area contributed by atoms with Crippen LogP contribution in [-0.2, 0) is 20.9 Å². The molecule has 1 saturated heterocycles. The van der Waals surface area contributed by atoms with E-state index in [0.717, 1.165) is 28.0 Å². The number of methoxy groups -OCH3 is 1. The molecule has 1 N–H and O–H groups in total. The maximum Gasteiger partial charge on any atom is 0.308 e. The Bertz CT molecular complexity index is 1740. The normalized spacial score (nSPS) is 19.6. The van der Waals surface area contributed by atoms with Gasteiger partial charge in [-0.3, -0.25) is 23.7 Å². The van der Waals surface area contributed by atoms with Gasteiger partial charge < -0.3 is 10.1 Å². The molecule has 0 spiro atoms. The summed E-state index contributed by atoms with van der Waals surface area (Å²) in [6.07, 6.45) is 0. The van der Waals surface area contributed by atoms with Crippen molar-refractivity contribution in [1.82, 2.24) is 4.57 Å². The average molecular weight is 586 g/mol. The van der Waals surface area contributed by atoms with Gasteiger partial charge in [0.1, 0.15) is 17.5 Å². The van der Waals surface area contributed by atoms with Crippen molar-refractivity contribution >= 4 is 52.2 Å². The van der Waals surface area contributed by atoms with Gasteiger partial charge in [-0.25, -0.2) is 4.90 Å². The molecule has 8 nitrogen and oxygen atoms in total. The van der Waals surface area contributed by atoms with E-state index in [1.807, 2.05) is 62.4 Å². The number of hydrogen-bond acceptors (Lipinski definition) is 7. The Labute approximate surface area is 245 Å². The molecular formula is C31H27N3O5S2. The zero-order chi connectivity index (χ0) is 28.8. The van der Waals surface area contributed by atoms with Gasteiger partial charge in [0.25, 0.3) is 0 Å². The van der Waals surface area contributed by atoms with Crippen LogP contribution in [0.2, 0.25) is 0 Å². The van der Waals surface area contributed by atoms with E-state index in [-0.39, 0.29) is 29.1 Å². The Kier molecular flexibility index (Phi) is 7.04. The number of aromatic nitrogens is 1. The van der Waals surface area contributed by atoms with E-state index in [1.54, 1.807) is 31.4 Å². The summed E-state index contributed by atoms with van der Waals surface area (Å²) in [5, 5.41) is 2.65. The smallest absolute Gasteiger partial charge is 0.308 e. The zero-order valence-corrected chi connectivity index (χ0v) is 24.3. The molecule has 3 heterocycles. The number of fused-ring (bicyclic) bond motifs is 2. The highest BCUT2D eigenvalue weighted by Gasteiger charge is 2.57. The topological polar surface area (TPSA) is 97.7 Å². The summed E-state index contributed by atoms with van der Waals surface area (Å²) >= 11 is 2.20. The van der Waals surface area contributed by atoms with Crippen molar-refractivity contribution in [2.45, 2.75) is 36.6 Å². The molecule has 0 bridgehead atoms. The van der Waals surface area contributed by atoms with Crippen LogP contribution in [0.15, 0.2) is 82.6 Å². The molecule has 0 unspecified atom stereocenters. The standard InChI is InChI=1S/C31H27N3O5S2/c1-17-12-14-19(15-13-17)34-28(36)25-24(20-9-5-7-11-22(20)39-3)27-30(40-26(25)29(34)37)33(31(38)41-27)16-23(35)32-21-10-6-4-8-18(21)2/h4-15,24-26H,16H2,1-3H3,(H,32,35)/t24-,25-,26+/m0/s1. The van der Waals surface area contributed by atoms with Crippen molar-refractivity contribution in [2.75, 3.05) is 17.3 Å². The minimum absolute atomic E-state index is 0.216. The molecular weight excluding hydrogens is 558 g/mol. The van der Waals surface area contributed by atoms with E-state index < -0.39 is 17.1 Å². The van der Waals surface area contributed by atoms with Crippen molar-refractivity contribution < 1.29 is 19.1 Å². The highest BCUT2D eigenvalue weighted by atomic mass is 32.2. The number of carbonyl (C=O) groups excluding carboxylic acids is 3. The van der Waals surface area contributed by atoms with Gasteiger partial charge in [-0.1, -0.05) is 77.2 Å². The Hall–Kier alpha value is -4.15. The third kappa shape index (κ3) is 4.66. The Morgan fingerprint density at radius 3 is 2.37 bits per heavy atom. The van der Waals surface area contributed by atoms with E-state index in [2.05, 4.69) is 5.32 Å². The van der Waals surface area contributed by atoms with Crippen molar-refractivity contribution in [3.63, 3.8) is 0 Å². The monoisotopic (exact) mass is 585 g/mol. The molecule has 10 heteroatoms. The first kappa shape index (κ1) is 27.0. The van der Waals surface area contributed by atoms with Gasteiger partial charge in [0.2, 0.25) is 17.7 Å². The first-order valence-corrected chi connectivity index (χ1v) is 14.8.